The van der Waals surface area contributed by atoms with Gasteiger partial charge in [0.25, 0.3) is 5.91 Å². The fraction of sp³-hybridized carbons (Fsp3) is 0.278. The molecular formula is C18H20Cl2N2O3S. The predicted octanol–water partition coefficient (Wildman–Crippen LogP) is 3.95. The number of carbonyl (C=O) groups excluding carboxylic acids is 1. The van der Waals surface area contributed by atoms with Crippen molar-refractivity contribution in [2.24, 2.45) is 0 Å². The smallest absolute Gasteiger partial charge is 0.253 e. The fourth-order valence-corrected chi connectivity index (χ4v) is 4.00. The number of benzene rings is 2. The van der Waals surface area contributed by atoms with Gasteiger partial charge in [-0.3, -0.25) is 4.79 Å². The van der Waals surface area contributed by atoms with E-state index in [1.807, 2.05) is 6.07 Å². The summed E-state index contributed by atoms with van der Waals surface area (Å²) in [5.74, 6) is -0.473. The lowest BCUT2D eigenvalue weighted by Gasteiger charge is -2.21. The van der Waals surface area contributed by atoms with Crippen molar-refractivity contribution in [2.45, 2.75) is 31.3 Å². The summed E-state index contributed by atoms with van der Waals surface area (Å²) in [5.41, 5.74) is 0.846. The maximum absolute atomic E-state index is 12.6. The normalized spacial score (nSPS) is 11.8. The second-order valence-corrected chi connectivity index (χ2v) is 8.84. The Kier molecular flexibility index (Phi) is 6.69. The molecule has 0 unspecified atom stereocenters. The van der Waals surface area contributed by atoms with Crippen molar-refractivity contribution in [3.8, 4) is 0 Å². The van der Waals surface area contributed by atoms with Crippen LogP contribution in [0.5, 0.6) is 0 Å². The third kappa shape index (κ3) is 4.57. The van der Waals surface area contributed by atoms with E-state index in [2.05, 4.69) is 5.32 Å². The standard InChI is InChI=1S/C18H20Cl2N2O3S/c1-12(2)22(3)26(24,25)14-8-9-17(20)15(10-14)18(23)21-11-13-6-4-5-7-16(13)19/h4-10,12H,11H2,1-3H3,(H,21,23). The number of nitrogens with one attached hydrogen (secondary N) is 1. The maximum atomic E-state index is 12.6. The molecule has 0 atom stereocenters. The molecule has 2 rings (SSSR count). The quantitative estimate of drug-likeness (QED) is 0.777. The molecule has 0 aromatic heterocycles. The van der Waals surface area contributed by atoms with Gasteiger partial charge in [0.1, 0.15) is 0 Å². The number of rotatable bonds is 6. The van der Waals surface area contributed by atoms with Gasteiger partial charge in [-0.05, 0) is 43.7 Å². The molecule has 0 saturated heterocycles. The number of carbonyl (C=O) groups is 1. The van der Waals surface area contributed by atoms with Crippen molar-refractivity contribution >= 4 is 39.1 Å². The molecule has 140 valence electrons. The molecule has 0 fully saturated rings. The third-order valence-corrected chi connectivity index (χ3v) is 6.71. The van der Waals surface area contributed by atoms with E-state index < -0.39 is 15.9 Å². The van der Waals surface area contributed by atoms with Gasteiger partial charge >= 0.3 is 0 Å². The molecule has 0 saturated carbocycles. The summed E-state index contributed by atoms with van der Waals surface area (Å²) in [4.78, 5) is 12.5. The molecule has 0 aliphatic rings. The molecule has 0 aliphatic heterocycles. The van der Waals surface area contributed by atoms with Crippen molar-refractivity contribution in [1.29, 1.82) is 0 Å². The van der Waals surface area contributed by atoms with E-state index in [0.717, 1.165) is 5.56 Å². The zero-order valence-electron chi connectivity index (χ0n) is 14.7. The first-order chi connectivity index (χ1) is 12.1. The number of hydrogen-bond donors (Lipinski definition) is 1. The Labute approximate surface area is 164 Å². The first-order valence-electron chi connectivity index (χ1n) is 7.93. The number of nitrogens with zero attached hydrogens (tertiary/aromatic N) is 1. The lowest BCUT2D eigenvalue weighted by atomic mass is 10.2. The van der Waals surface area contributed by atoms with Crippen LogP contribution >= 0.6 is 23.2 Å². The highest BCUT2D eigenvalue weighted by atomic mass is 35.5. The average molecular weight is 415 g/mol. The van der Waals surface area contributed by atoms with E-state index in [-0.39, 0.29) is 28.1 Å². The first-order valence-corrected chi connectivity index (χ1v) is 10.1. The van der Waals surface area contributed by atoms with E-state index in [4.69, 9.17) is 23.2 Å². The summed E-state index contributed by atoms with van der Waals surface area (Å²) in [7, 11) is -2.22. The van der Waals surface area contributed by atoms with Gasteiger partial charge in [0, 0.05) is 24.7 Å². The molecule has 0 radical (unpaired) electrons. The van der Waals surface area contributed by atoms with Crippen LogP contribution < -0.4 is 5.32 Å². The van der Waals surface area contributed by atoms with Crippen LogP contribution in [-0.2, 0) is 16.6 Å². The monoisotopic (exact) mass is 414 g/mol. The molecule has 2 aromatic carbocycles. The highest BCUT2D eigenvalue weighted by molar-refractivity contribution is 7.89. The number of halogens is 2. The Morgan fingerprint density at radius 3 is 2.38 bits per heavy atom. The lowest BCUT2D eigenvalue weighted by molar-refractivity contribution is 0.0951. The summed E-state index contributed by atoms with van der Waals surface area (Å²) in [6.45, 7) is 3.74. The highest BCUT2D eigenvalue weighted by Gasteiger charge is 2.25. The molecule has 8 heteroatoms. The van der Waals surface area contributed by atoms with Crippen LogP contribution in [0, 0.1) is 0 Å². The largest absolute Gasteiger partial charge is 0.348 e. The highest BCUT2D eigenvalue weighted by Crippen LogP contribution is 2.24. The van der Waals surface area contributed by atoms with E-state index >= 15 is 0 Å². The lowest BCUT2D eigenvalue weighted by Crippen LogP contribution is -2.33. The first kappa shape index (κ1) is 20.7. The average Bonchev–Trinajstić information content (AvgIpc) is 2.60. The van der Waals surface area contributed by atoms with Crippen molar-refractivity contribution in [2.75, 3.05) is 7.05 Å². The van der Waals surface area contributed by atoms with Crippen LogP contribution in [-0.4, -0.2) is 31.7 Å². The van der Waals surface area contributed by atoms with Gasteiger partial charge in [0.15, 0.2) is 0 Å². The Hall–Kier alpha value is -1.60. The Morgan fingerprint density at radius 2 is 1.77 bits per heavy atom. The number of sulfonamides is 1. The summed E-state index contributed by atoms with van der Waals surface area (Å²) in [5, 5.41) is 3.42. The second-order valence-electron chi connectivity index (χ2n) is 6.03. The van der Waals surface area contributed by atoms with Gasteiger partial charge in [-0.25, -0.2) is 8.42 Å². The summed E-state index contributed by atoms with van der Waals surface area (Å²) in [6, 6.07) is 11.0. The third-order valence-electron chi connectivity index (χ3n) is 3.98. The Bertz CT molecular complexity index is 914. The van der Waals surface area contributed by atoms with Crippen LogP contribution in [0.15, 0.2) is 47.4 Å². The van der Waals surface area contributed by atoms with E-state index in [0.29, 0.717) is 5.02 Å². The van der Waals surface area contributed by atoms with E-state index in [1.165, 1.54) is 29.6 Å². The second kappa shape index (κ2) is 8.39. The molecule has 1 N–H and O–H groups in total. The molecule has 26 heavy (non-hydrogen) atoms. The van der Waals surface area contributed by atoms with Crippen molar-refractivity contribution in [1.82, 2.24) is 9.62 Å². The van der Waals surface area contributed by atoms with Crippen LogP contribution in [0.3, 0.4) is 0 Å². The molecule has 1 amide bonds. The topological polar surface area (TPSA) is 66.5 Å². The minimum absolute atomic E-state index is 0.0148. The van der Waals surface area contributed by atoms with Gasteiger partial charge in [-0.2, -0.15) is 4.31 Å². The van der Waals surface area contributed by atoms with E-state index in [9.17, 15) is 13.2 Å². The van der Waals surface area contributed by atoms with Gasteiger partial charge in [-0.15, -0.1) is 0 Å². The van der Waals surface area contributed by atoms with Crippen LogP contribution in [0.4, 0.5) is 0 Å². The minimum atomic E-state index is -3.71. The van der Waals surface area contributed by atoms with Crippen LogP contribution in [0.1, 0.15) is 29.8 Å². The molecular weight excluding hydrogens is 395 g/mol. The molecule has 0 heterocycles. The molecule has 5 nitrogen and oxygen atoms in total. The van der Waals surface area contributed by atoms with Gasteiger partial charge in [0.2, 0.25) is 10.0 Å². The van der Waals surface area contributed by atoms with Crippen molar-refractivity contribution in [3.05, 3.63) is 63.6 Å². The fourth-order valence-electron chi connectivity index (χ4n) is 2.20. The summed E-state index contributed by atoms with van der Waals surface area (Å²) in [6.07, 6.45) is 0. The molecule has 2 aromatic rings. The summed E-state index contributed by atoms with van der Waals surface area (Å²) >= 11 is 12.2. The predicted molar refractivity (Wildman–Crippen MR) is 104 cm³/mol. The summed E-state index contributed by atoms with van der Waals surface area (Å²) < 4.78 is 26.5. The zero-order valence-corrected chi connectivity index (χ0v) is 17.0. The minimum Gasteiger partial charge on any atom is -0.348 e. The maximum Gasteiger partial charge on any atom is 0.253 e. The van der Waals surface area contributed by atoms with E-state index in [1.54, 1.807) is 32.0 Å². The van der Waals surface area contributed by atoms with Crippen LogP contribution in [0.2, 0.25) is 10.0 Å². The van der Waals surface area contributed by atoms with Crippen molar-refractivity contribution < 1.29 is 13.2 Å². The molecule has 0 spiro atoms. The number of amides is 1. The van der Waals surface area contributed by atoms with Gasteiger partial charge in [0.05, 0.1) is 15.5 Å². The van der Waals surface area contributed by atoms with Gasteiger partial charge < -0.3 is 5.32 Å². The van der Waals surface area contributed by atoms with Gasteiger partial charge in [-0.1, -0.05) is 41.4 Å². The number of hydrogen-bond acceptors (Lipinski definition) is 3. The molecule has 0 bridgehead atoms. The zero-order chi connectivity index (χ0) is 19.5. The van der Waals surface area contributed by atoms with Crippen LogP contribution in [0.25, 0.3) is 0 Å². The SMILES string of the molecule is CC(C)N(C)S(=O)(=O)c1ccc(Cl)c(C(=O)NCc2ccccc2Cl)c1. The Morgan fingerprint density at radius 1 is 1.12 bits per heavy atom. The molecule has 0 aliphatic carbocycles. The Balaban J connectivity index is 2.27. The van der Waals surface area contributed by atoms with Crippen molar-refractivity contribution in [3.63, 3.8) is 0 Å².